The fourth-order valence-corrected chi connectivity index (χ4v) is 5.53. The number of aromatic nitrogens is 5. The van der Waals surface area contributed by atoms with Gasteiger partial charge in [0.1, 0.15) is 6.04 Å². The van der Waals surface area contributed by atoms with Crippen LogP contribution in [-0.4, -0.2) is 56.3 Å². The van der Waals surface area contributed by atoms with Gasteiger partial charge in [-0.1, -0.05) is 18.2 Å². The molecule has 0 saturated carbocycles. The minimum Gasteiger partial charge on any atom is -0.369 e. The summed E-state index contributed by atoms with van der Waals surface area (Å²) in [5.74, 6) is 0.697. The first-order valence-corrected chi connectivity index (χ1v) is 13.0. The number of fused-ring (bicyclic) bond motifs is 1. The van der Waals surface area contributed by atoms with E-state index in [-0.39, 0.29) is 17.1 Å². The fraction of sp³-hybridized carbons (Fsp3) is 0.448. The molecule has 5 rings (SSSR count). The summed E-state index contributed by atoms with van der Waals surface area (Å²) >= 11 is 0. The third kappa shape index (κ3) is 4.66. The van der Waals surface area contributed by atoms with Gasteiger partial charge < -0.3 is 9.88 Å². The number of pyridine rings is 1. The number of H-pyrrole nitrogens is 1. The first-order valence-electron chi connectivity index (χ1n) is 13.0. The summed E-state index contributed by atoms with van der Waals surface area (Å²) in [7, 11) is 0. The van der Waals surface area contributed by atoms with Crippen LogP contribution >= 0.6 is 0 Å². The zero-order valence-corrected chi connectivity index (χ0v) is 23.0. The highest BCUT2D eigenvalue weighted by Crippen LogP contribution is 2.32. The molecule has 37 heavy (non-hydrogen) atoms. The molecule has 8 heteroatoms. The van der Waals surface area contributed by atoms with Crippen molar-refractivity contribution >= 4 is 16.6 Å². The van der Waals surface area contributed by atoms with Gasteiger partial charge in [-0.2, -0.15) is 0 Å². The van der Waals surface area contributed by atoms with Crippen molar-refractivity contribution in [3.05, 3.63) is 80.4 Å². The number of tetrazole rings is 1. The molecule has 194 valence electrons. The molecule has 4 aromatic rings. The van der Waals surface area contributed by atoms with E-state index in [0.29, 0.717) is 11.4 Å². The first kappa shape index (κ1) is 25.1. The van der Waals surface area contributed by atoms with Crippen LogP contribution in [0.5, 0.6) is 0 Å². The van der Waals surface area contributed by atoms with Gasteiger partial charge in [0, 0.05) is 48.3 Å². The van der Waals surface area contributed by atoms with Crippen LogP contribution in [0.2, 0.25) is 0 Å². The van der Waals surface area contributed by atoms with E-state index in [1.54, 1.807) is 0 Å². The second kappa shape index (κ2) is 9.41. The van der Waals surface area contributed by atoms with E-state index in [2.05, 4.69) is 96.1 Å². The van der Waals surface area contributed by atoms with Crippen molar-refractivity contribution in [3.63, 3.8) is 0 Å². The molecule has 0 aliphatic carbocycles. The van der Waals surface area contributed by atoms with Gasteiger partial charge in [0.2, 0.25) is 0 Å². The maximum absolute atomic E-state index is 13.6. The van der Waals surface area contributed by atoms with Gasteiger partial charge in [-0.15, -0.1) is 5.10 Å². The number of anilines is 1. The lowest BCUT2D eigenvalue weighted by atomic mass is 9.98. The Labute approximate surface area is 218 Å². The van der Waals surface area contributed by atoms with Gasteiger partial charge in [-0.25, -0.2) is 4.68 Å². The minimum atomic E-state index is -0.358. The van der Waals surface area contributed by atoms with E-state index in [4.69, 9.17) is 0 Å². The van der Waals surface area contributed by atoms with Crippen molar-refractivity contribution < 1.29 is 0 Å². The number of aromatic amines is 1. The van der Waals surface area contributed by atoms with Gasteiger partial charge >= 0.3 is 0 Å². The molecule has 8 nitrogen and oxygen atoms in total. The average Bonchev–Trinajstić information content (AvgIpc) is 3.32. The third-order valence-electron chi connectivity index (χ3n) is 7.61. The summed E-state index contributed by atoms with van der Waals surface area (Å²) < 4.78 is 1.86. The molecule has 0 amide bonds. The van der Waals surface area contributed by atoms with E-state index >= 15 is 0 Å². The second-order valence-corrected chi connectivity index (χ2v) is 11.4. The molecule has 1 saturated heterocycles. The molecule has 1 aliphatic rings. The summed E-state index contributed by atoms with van der Waals surface area (Å²) in [6, 6.07) is 12.4. The molecule has 0 spiro atoms. The number of benzene rings is 2. The summed E-state index contributed by atoms with van der Waals surface area (Å²) in [5.41, 5.74) is 7.30. The molecule has 3 heterocycles. The Hall–Kier alpha value is -3.52. The number of hydrogen-bond acceptors (Lipinski definition) is 6. The first-order chi connectivity index (χ1) is 17.5. The molecular weight excluding hydrogens is 462 g/mol. The van der Waals surface area contributed by atoms with Crippen LogP contribution in [0, 0.1) is 27.7 Å². The highest BCUT2D eigenvalue weighted by atomic mass is 16.1. The Morgan fingerprint density at radius 1 is 0.946 bits per heavy atom. The van der Waals surface area contributed by atoms with Crippen LogP contribution in [-0.2, 0) is 5.54 Å². The van der Waals surface area contributed by atoms with Crippen LogP contribution in [0.3, 0.4) is 0 Å². The largest absolute Gasteiger partial charge is 0.369 e. The van der Waals surface area contributed by atoms with Gasteiger partial charge in [0.15, 0.2) is 5.82 Å². The SMILES string of the molecule is Cc1cc(C)c2cc([C@@H](c3nnnn3C(C)(C)C)N3CCN(c4cccc(C)c4C)CC3)c(=O)[nH]c2c1. The lowest BCUT2D eigenvalue weighted by Crippen LogP contribution is -2.49. The zero-order chi connectivity index (χ0) is 26.5. The third-order valence-corrected chi connectivity index (χ3v) is 7.61. The van der Waals surface area contributed by atoms with Gasteiger partial charge in [0.05, 0.1) is 5.54 Å². The molecule has 1 aliphatic heterocycles. The average molecular weight is 500 g/mol. The van der Waals surface area contributed by atoms with Crippen LogP contribution in [0.15, 0.2) is 41.2 Å². The maximum atomic E-state index is 13.6. The summed E-state index contributed by atoms with van der Waals surface area (Å²) in [6.07, 6.45) is 0. The quantitative estimate of drug-likeness (QED) is 0.448. The summed E-state index contributed by atoms with van der Waals surface area (Å²) in [4.78, 5) is 21.6. The molecule has 2 aromatic heterocycles. The monoisotopic (exact) mass is 499 g/mol. The molecule has 0 bridgehead atoms. The fourth-order valence-electron chi connectivity index (χ4n) is 5.53. The summed E-state index contributed by atoms with van der Waals surface area (Å²) in [6.45, 7) is 18.0. The van der Waals surface area contributed by atoms with Crippen molar-refractivity contribution in [2.45, 2.75) is 60.0 Å². The van der Waals surface area contributed by atoms with Gasteiger partial charge in [-0.3, -0.25) is 9.69 Å². The Morgan fingerprint density at radius 3 is 2.38 bits per heavy atom. The van der Waals surface area contributed by atoms with E-state index in [0.717, 1.165) is 48.2 Å². The number of nitrogens with one attached hydrogen (secondary N) is 1. The summed E-state index contributed by atoms with van der Waals surface area (Å²) in [5, 5.41) is 13.9. The van der Waals surface area contributed by atoms with Crippen molar-refractivity contribution in [1.29, 1.82) is 0 Å². The number of aryl methyl sites for hydroxylation is 3. The second-order valence-electron chi connectivity index (χ2n) is 11.4. The number of piperazine rings is 1. The van der Waals surface area contributed by atoms with Crippen molar-refractivity contribution in [1.82, 2.24) is 30.1 Å². The van der Waals surface area contributed by atoms with E-state index in [1.807, 2.05) is 23.7 Å². The molecule has 1 atom stereocenters. The molecular formula is C29H37N7O. The van der Waals surface area contributed by atoms with Crippen LogP contribution in [0.25, 0.3) is 10.9 Å². The highest BCUT2D eigenvalue weighted by Gasteiger charge is 2.35. The van der Waals surface area contributed by atoms with Crippen LogP contribution in [0.1, 0.15) is 60.5 Å². The molecule has 1 fully saturated rings. The molecule has 2 aromatic carbocycles. The van der Waals surface area contributed by atoms with Crippen molar-refractivity contribution in [2.75, 3.05) is 31.1 Å². The highest BCUT2D eigenvalue weighted by molar-refractivity contribution is 5.83. The Morgan fingerprint density at radius 2 is 1.68 bits per heavy atom. The molecule has 1 N–H and O–H groups in total. The predicted molar refractivity (Wildman–Crippen MR) is 148 cm³/mol. The Balaban J connectivity index is 1.58. The number of nitrogens with zero attached hydrogens (tertiary/aromatic N) is 6. The smallest absolute Gasteiger partial charge is 0.253 e. The topological polar surface area (TPSA) is 82.9 Å². The lowest BCUT2D eigenvalue weighted by Gasteiger charge is -2.40. The molecule has 0 unspecified atom stereocenters. The number of hydrogen-bond donors (Lipinski definition) is 1. The number of rotatable bonds is 4. The minimum absolute atomic E-state index is 0.0945. The normalized spacial score (nSPS) is 15.9. The zero-order valence-electron chi connectivity index (χ0n) is 23.0. The van der Waals surface area contributed by atoms with Gasteiger partial charge in [0.25, 0.3) is 5.56 Å². The predicted octanol–water partition coefficient (Wildman–Crippen LogP) is 4.41. The van der Waals surface area contributed by atoms with E-state index in [1.165, 1.54) is 16.8 Å². The van der Waals surface area contributed by atoms with E-state index < -0.39 is 0 Å². The molecule has 0 radical (unpaired) electrons. The Kier molecular flexibility index (Phi) is 6.40. The van der Waals surface area contributed by atoms with Crippen molar-refractivity contribution in [3.8, 4) is 0 Å². The standard InChI is InChI=1S/C29H37N7O/c1-18-15-20(3)22-17-23(28(37)30-24(22)16-18)26(27-31-32-33-36(27)29(5,6)7)35-13-11-34(12-14-35)25-10-8-9-19(2)21(25)4/h8-10,15-17,26H,11-14H2,1-7H3,(H,30,37)/t26-/m0/s1. The van der Waals surface area contributed by atoms with Gasteiger partial charge in [-0.05, 0) is 99.3 Å². The Bertz CT molecular complexity index is 1500. The van der Waals surface area contributed by atoms with Crippen molar-refractivity contribution in [2.24, 2.45) is 0 Å². The lowest BCUT2D eigenvalue weighted by molar-refractivity contribution is 0.190. The maximum Gasteiger partial charge on any atom is 0.253 e. The van der Waals surface area contributed by atoms with E-state index in [9.17, 15) is 4.79 Å². The van der Waals surface area contributed by atoms with Crippen LogP contribution in [0.4, 0.5) is 5.69 Å². The van der Waals surface area contributed by atoms with Crippen LogP contribution < -0.4 is 10.5 Å².